The smallest absolute Gasteiger partial charge is 0.165 e. The van der Waals surface area contributed by atoms with Gasteiger partial charge in [-0.1, -0.05) is 24.3 Å². The van der Waals surface area contributed by atoms with Crippen LogP contribution in [-0.4, -0.2) is 12.8 Å². The van der Waals surface area contributed by atoms with Crippen LogP contribution < -0.4 is 5.32 Å². The third-order valence-corrected chi connectivity index (χ3v) is 2.52. The van der Waals surface area contributed by atoms with E-state index < -0.39 is 0 Å². The molecule has 1 aliphatic rings. The number of fused-ring (bicyclic) bond motifs is 1. The van der Waals surface area contributed by atoms with Gasteiger partial charge in [0.15, 0.2) is 5.78 Å². The van der Waals surface area contributed by atoms with E-state index in [0.29, 0.717) is 6.42 Å². The first-order chi connectivity index (χ1) is 6.83. The van der Waals surface area contributed by atoms with Crippen LogP contribution in [0.1, 0.15) is 17.5 Å². The van der Waals surface area contributed by atoms with Crippen molar-refractivity contribution in [3.63, 3.8) is 0 Å². The van der Waals surface area contributed by atoms with E-state index in [-0.39, 0.29) is 5.78 Å². The molecule has 0 amide bonds. The molecule has 1 aliphatic carbocycles. The summed E-state index contributed by atoms with van der Waals surface area (Å²) in [6.45, 7) is 0. The summed E-state index contributed by atoms with van der Waals surface area (Å²) in [7, 11) is 1.82. The van der Waals surface area contributed by atoms with Crippen LogP contribution in [0, 0.1) is 0 Å². The van der Waals surface area contributed by atoms with Gasteiger partial charge in [-0.3, -0.25) is 4.79 Å². The molecule has 1 aromatic rings. The van der Waals surface area contributed by atoms with Gasteiger partial charge < -0.3 is 5.32 Å². The lowest BCUT2D eigenvalue weighted by Crippen LogP contribution is -2.14. The molecule has 0 spiro atoms. The molecule has 0 atom stereocenters. The Balaban J connectivity index is 2.52. The van der Waals surface area contributed by atoms with E-state index in [1.165, 1.54) is 5.56 Å². The number of aryl methyl sites for hydroxylation is 1. The second-order valence-corrected chi connectivity index (χ2v) is 3.43. The van der Waals surface area contributed by atoms with Crippen LogP contribution in [0.15, 0.2) is 30.5 Å². The minimum absolute atomic E-state index is 0.234. The normalized spacial score (nSPS) is 18.1. The minimum atomic E-state index is 0.234. The number of carbonyl (C=O) groups is 1. The van der Waals surface area contributed by atoms with Gasteiger partial charge >= 0.3 is 0 Å². The molecule has 0 bridgehead atoms. The van der Waals surface area contributed by atoms with Crippen molar-refractivity contribution in [3.8, 4) is 0 Å². The zero-order valence-corrected chi connectivity index (χ0v) is 8.21. The number of Topliss-reactive ketones (excluding diaryl/α,β-unsaturated/α-hetero) is 1. The van der Waals surface area contributed by atoms with Crippen molar-refractivity contribution >= 4 is 11.4 Å². The second-order valence-electron chi connectivity index (χ2n) is 3.43. The van der Waals surface area contributed by atoms with Crippen LogP contribution in [0.4, 0.5) is 0 Å². The lowest BCUT2D eigenvalue weighted by atomic mass is 9.87. The molecule has 0 radical (unpaired) electrons. The largest absolute Gasteiger partial charge is 0.393 e. The van der Waals surface area contributed by atoms with Crippen molar-refractivity contribution < 1.29 is 4.79 Å². The number of carbonyl (C=O) groups excluding carboxylic acids is 1. The number of benzene rings is 1. The molecule has 0 fully saturated rings. The van der Waals surface area contributed by atoms with E-state index in [1.807, 2.05) is 25.2 Å². The Labute approximate surface area is 83.6 Å². The fraction of sp³-hybridized carbons (Fsp3) is 0.250. The Morgan fingerprint density at radius 1 is 1.29 bits per heavy atom. The van der Waals surface area contributed by atoms with Crippen molar-refractivity contribution in [2.24, 2.45) is 0 Å². The summed E-state index contributed by atoms with van der Waals surface area (Å²) in [5.41, 5.74) is 3.17. The molecule has 14 heavy (non-hydrogen) atoms. The first-order valence-corrected chi connectivity index (χ1v) is 4.82. The third-order valence-electron chi connectivity index (χ3n) is 2.52. The molecule has 2 nitrogen and oxygen atoms in total. The highest BCUT2D eigenvalue weighted by molar-refractivity contribution is 6.22. The molecule has 0 aromatic heterocycles. The van der Waals surface area contributed by atoms with Crippen LogP contribution in [0.3, 0.4) is 0 Å². The van der Waals surface area contributed by atoms with Crippen molar-refractivity contribution in [1.82, 2.24) is 5.32 Å². The molecule has 0 saturated heterocycles. The molecule has 0 heterocycles. The van der Waals surface area contributed by atoms with Crippen LogP contribution in [0.25, 0.3) is 5.57 Å². The number of allylic oxidation sites excluding steroid dienone is 1. The van der Waals surface area contributed by atoms with Crippen LogP contribution in [-0.2, 0) is 11.2 Å². The summed E-state index contributed by atoms with van der Waals surface area (Å²) in [5.74, 6) is 0.234. The van der Waals surface area contributed by atoms with Gasteiger partial charge in [0.25, 0.3) is 0 Å². The van der Waals surface area contributed by atoms with E-state index in [1.54, 1.807) is 6.20 Å². The Bertz CT molecular complexity index is 393. The molecule has 0 aliphatic heterocycles. The molecule has 0 unspecified atom stereocenters. The molecule has 72 valence electrons. The summed E-state index contributed by atoms with van der Waals surface area (Å²) in [5, 5.41) is 2.93. The standard InChI is InChI=1S/C12H13NO/c1-13-8-11-10-5-3-2-4-9(10)6-7-12(11)14/h2-5,8,13H,6-7H2,1H3/b11-8+. The average molecular weight is 187 g/mol. The molecular formula is C12H13NO. The van der Waals surface area contributed by atoms with Crippen LogP contribution in [0.5, 0.6) is 0 Å². The van der Waals surface area contributed by atoms with Crippen molar-refractivity contribution in [2.75, 3.05) is 7.05 Å². The van der Waals surface area contributed by atoms with Crippen molar-refractivity contribution in [2.45, 2.75) is 12.8 Å². The Kier molecular flexibility index (Phi) is 2.35. The van der Waals surface area contributed by atoms with Gasteiger partial charge in [0.05, 0.1) is 0 Å². The molecule has 0 saturated carbocycles. The first kappa shape index (κ1) is 9.00. The van der Waals surface area contributed by atoms with Gasteiger partial charge in [0, 0.05) is 25.2 Å². The molecule has 1 aromatic carbocycles. The maximum Gasteiger partial charge on any atom is 0.165 e. The number of hydrogen-bond acceptors (Lipinski definition) is 2. The van der Waals surface area contributed by atoms with E-state index in [9.17, 15) is 4.79 Å². The molecular weight excluding hydrogens is 174 g/mol. The third kappa shape index (κ3) is 1.43. The van der Waals surface area contributed by atoms with Gasteiger partial charge in [-0.25, -0.2) is 0 Å². The first-order valence-electron chi connectivity index (χ1n) is 4.82. The Morgan fingerprint density at radius 3 is 2.86 bits per heavy atom. The summed E-state index contributed by atoms with van der Waals surface area (Å²) in [6, 6.07) is 8.09. The van der Waals surface area contributed by atoms with E-state index in [0.717, 1.165) is 17.6 Å². The fourth-order valence-electron chi connectivity index (χ4n) is 1.84. The summed E-state index contributed by atoms with van der Waals surface area (Å²) < 4.78 is 0. The van der Waals surface area contributed by atoms with Gasteiger partial charge in [-0.05, 0) is 17.5 Å². The number of rotatable bonds is 1. The monoisotopic (exact) mass is 187 g/mol. The van der Waals surface area contributed by atoms with Crippen LogP contribution >= 0.6 is 0 Å². The summed E-state index contributed by atoms with van der Waals surface area (Å²) in [4.78, 5) is 11.6. The average Bonchev–Trinajstić information content (AvgIpc) is 2.23. The topological polar surface area (TPSA) is 29.1 Å². The SMILES string of the molecule is CN/C=C1/C(=O)CCc2ccccc21. The molecule has 2 heteroatoms. The number of ketones is 1. The Morgan fingerprint density at radius 2 is 2.07 bits per heavy atom. The van der Waals surface area contributed by atoms with E-state index in [4.69, 9.17) is 0 Å². The second kappa shape index (κ2) is 3.66. The lowest BCUT2D eigenvalue weighted by molar-refractivity contribution is -0.113. The summed E-state index contributed by atoms with van der Waals surface area (Å²) >= 11 is 0. The predicted octanol–water partition coefficient (Wildman–Crippen LogP) is 1.76. The maximum absolute atomic E-state index is 11.6. The Hall–Kier alpha value is -1.57. The molecule has 2 rings (SSSR count). The fourth-order valence-corrected chi connectivity index (χ4v) is 1.84. The van der Waals surface area contributed by atoms with Crippen LogP contribution in [0.2, 0.25) is 0 Å². The van der Waals surface area contributed by atoms with Gasteiger partial charge in [0.2, 0.25) is 0 Å². The van der Waals surface area contributed by atoms with Gasteiger partial charge in [-0.15, -0.1) is 0 Å². The zero-order valence-electron chi connectivity index (χ0n) is 8.21. The van der Waals surface area contributed by atoms with Crippen molar-refractivity contribution in [1.29, 1.82) is 0 Å². The van der Waals surface area contributed by atoms with Gasteiger partial charge in [-0.2, -0.15) is 0 Å². The highest BCUT2D eigenvalue weighted by Gasteiger charge is 2.20. The molecule has 1 N–H and O–H groups in total. The lowest BCUT2D eigenvalue weighted by Gasteiger charge is -2.17. The van der Waals surface area contributed by atoms with Crippen molar-refractivity contribution in [3.05, 3.63) is 41.6 Å². The van der Waals surface area contributed by atoms with Gasteiger partial charge in [0.1, 0.15) is 0 Å². The zero-order chi connectivity index (χ0) is 9.97. The highest BCUT2D eigenvalue weighted by atomic mass is 16.1. The van der Waals surface area contributed by atoms with E-state index in [2.05, 4.69) is 11.4 Å². The number of hydrogen-bond donors (Lipinski definition) is 1. The quantitative estimate of drug-likeness (QED) is 0.679. The maximum atomic E-state index is 11.6. The highest BCUT2D eigenvalue weighted by Crippen LogP contribution is 2.27. The predicted molar refractivity (Wildman–Crippen MR) is 56.8 cm³/mol. The number of nitrogens with one attached hydrogen (secondary N) is 1. The summed E-state index contributed by atoms with van der Waals surface area (Å²) in [6.07, 6.45) is 3.29. The van der Waals surface area contributed by atoms with E-state index >= 15 is 0 Å². The minimum Gasteiger partial charge on any atom is -0.393 e.